The summed E-state index contributed by atoms with van der Waals surface area (Å²) in [5.41, 5.74) is 5.43. The third kappa shape index (κ3) is 3.58. The molecule has 1 unspecified atom stereocenters. The minimum Gasteiger partial charge on any atom is -0.383 e. The summed E-state index contributed by atoms with van der Waals surface area (Å²) in [5, 5.41) is 7.01. The lowest BCUT2D eigenvalue weighted by molar-refractivity contribution is -0.121. The molecule has 1 atom stereocenters. The Labute approximate surface area is 99.8 Å². The van der Waals surface area contributed by atoms with Crippen molar-refractivity contribution in [2.75, 3.05) is 11.9 Å². The Morgan fingerprint density at radius 1 is 1.53 bits per heavy atom. The quantitative estimate of drug-likeness (QED) is 0.774. The van der Waals surface area contributed by atoms with E-state index in [9.17, 15) is 9.59 Å². The molecule has 17 heavy (non-hydrogen) atoms. The van der Waals surface area contributed by atoms with E-state index in [4.69, 9.17) is 5.73 Å². The minimum absolute atomic E-state index is 0.343. The molecule has 0 saturated heterocycles. The Balaban J connectivity index is 2.87. The average Bonchev–Trinajstić information content (AvgIpc) is 2.25. The first-order valence-electron chi connectivity index (χ1n) is 5.54. The maximum absolute atomic E-state index is 11.7. The van der Waals surface area contributed by atoms with Crippen molar-refractivity contribution in [1.29, 1.82) is 0 Å². The van der Waals surface area contributed by atoms with Crippen LogP contribution in [0, 0.1) is 5.92 Å². The van der Waals surface area contributed by atoms with Crippen LogP contribution in [0.4, 0.5) is 5.69 Å². The topological polar surface area (TPSA) is 90.0 Å². The van der Waals surface area contributed by atoms with Crippen molar-refractivity contribution in [2.24, 2.45) is 11.7 Å². The van der Waals surface area contributed by atoms with Crippen LogP contribution in [0.2, 0.25) is 0 Å². The largest absolute Gasteiger partial charge is 0.383 e. The van der Waals surface area contributed by atoms with Gasteiger partial charge in [0.05, 0.1) is 11.9 Å². The Hall–Kier alpha value is -1.85. The molecular formula is C11H18N4O2. The van der Waals surface area contributed by atoms with E-state index in [1.165, 1.54) is 19.2 Å². The maximum atomic E-state index is 11.7. The molecule has 0 radical (unpaired) electrons. The third-order valence-electron chi connectivity index (χ3n) is 2.32. The van der Waals surface area contributed by atoms with E-state index in [-0.39, 0.29) is 5.56 Å². The van der Waals surface area contributed by atoms with E-state index < -0.39 is 11.9 Å². The predicted molar refractivity (Wildman–Crippen MR) is 65.7 cm³/mol. The van der Waals surface area contributed by atoms with Gasteiger partial charge in [-0.1, -0.05) is 13.8 Å². The predicted octanol–water partition coefficient (Wildman–Crippen LogP) is 0.357. The van der Waals surface area contributed by atoms with Gasteiger partial charge in [-0.25, -0.2) is 4.68 Å². The number of amides is 1. The van der Waals surface area contributed by atoms with Crippen molar-refractivity contribution in [1.82, 2.24) is 9.78 Å². The highest BCUT2D eigenvalue weighted by atomic mass is 16.2. The van der Waals surface area contributed by atoms with Gasteiger partial charge >= 0.3 is 0 Å². The number of hydrogen-bond acceptors (Lipinski definition) is 4. The summed E-state index contributed by atoms with van der Waals surface area (Å²) in [4.78, 5) is 22.6. The van der Waals surface area contributed by atoms with Gasteiger partial charge in [-0.15, -0.1) is 0 Å². The van der Waals surface area contributed by atoms with Crippen LogP contribution < -0.4 is 16.6 Å². The van der Waals surface area contributed by atoms with Gasteiger partial charge in [0.25, 0.3) is 5.56 Å². The van der Waals surface area contributed by atoms with Gasteiger partial charge in [0.1, 0.15) is 6.04 Å². The molecule has 0 aliphatic carbocycles. The summed E-state index contributed by atoms with van der Waals surface area (Å²) in [7, 11) is 0. The van der Waals surface area contributed by atoms with Gasteiger partial charge in [-0.05, 0) is 12.8 Å². The van der Waals surface area contributed by atoms with Crippen LogP contribution in [0.25, 0.3) is 0 Å². The third-order valence-corrected chi connectivity index (χ3v) is 2.32. The van der Waals surface area contributed by atoms with E-state index in [2.05, 4.69) is 24.3 Å². The van der Waals surface area contributed by atoms with Crippen LogP contribution in [-0.2, 0) is 4.79 Å². The SMILES string of the molecule is CC(C)CNc1cnn(C(C)C(N)=O)c(=O)c1. The molecule has 1 aromatic rings. The first kappa shape index (κ1) is 13.2. The molecule has 0 fully saturated rings. The molecule has 0 aromatic carbocycles. The summed E-state index contributed by atoms with van der Waals surface area (Å²) in [6.07, 6.45) is 1.52. The highest BCUT2D eigenvalue weighted by molar-refractivity contribution is 5.77. The van der Waals surface area contributed by atoms with Gasteiger partial charge in [0.2, 0.25) is 5.91 Å². The molecule has 0 aliphatic rings. The summed E-state index contributed by atoms with van der Waals surface area (Å²) in [6, 6.07) is 0.677. The molecule has 0 bridgehead atoms. The van der Waals surface area contributed by atoms with Gasteiger partial charge in [-0.3, -0.25) is 9.59 Å². The fourth-order valence-corrected chi connectivity index (χ4v) is 1.25. The Bertz CT molecular complexity index is 453. The summed E-state index contributed by atoms with van der Waals surface area (Å²) in [5.74, 6) is -0.107. The Morgan fingerprint density at radius 2 is 2.18 bits per heavy atom. The number of primary amides is 1. The average molecular weight is 238 g/mol. The van der Waals surface area contributed by atoms with Gasteiger partial charge in [-0.2, -0.15) is 5.10 Å². The van der Waals surface area contributed by atoms with Crippen LogP contribution in [0.5, 0.6) is 0 Å². The molecule has 94 valence electrons. The summed E-state index contributed by atoms with van der Waals surface area (Å²) < 4.78 is 1.07. The van der Waals surface area contributed by atoms with E-state index in [0.717, 1.165) is 11.2 Å². The van der Waals surface area contributed by atoms with Gasteiger partial charge < -0.3 is 11.1 Å². The standard InChI is InChI=1S/C11H18N4O2/c1-7(2)5-13-9-4-10(16)15(14-6-9)8(3)11(12)17/h4,6-8,13H,5H2,1-3H3,(H2,12,17). The fraction of sp³-hybridized carbons (Fsp3) is 0.545. The van der Waals surface area contributed by atoms with E-state index in [0.29, 0.717) is 11.6 Å². The lowest BCUT2D eigenvalue weighted by Gasteiger charge is -2.12. The smallest absolute Gasteiger partial charge is 0.269 e. The molecule has 1 heterocycles. The molecule has 0 spiro atoms. The number of nitrogens with two attached hydrogens (primary N) is 1. The fourth-order valence-electron chi connectivity index (χ4n) is 1.25. The van der Waals surface area contributed by atoms with Crippen LogP contribution in [-0.4, -0.2) is 22.2 Å². The molecule has 0 aliphatic heterocycles. The number of nitrogens with zero attached hydrogens (tertiary/aromatic N) is 2. The number of rotatable bonds is 5. The zero-order valence-corrected chi connectivity index (χ0v) is 10.3. The van der Waals surface area contributed by atoms with E-state index in [1.54, 1.807) is 0 Å². The Morgan fingerprint density at radius 3 is 2.65 bits per heavy atom. The molecule has 6 nitrogen and oxygen atoms in total. The minimum atomic E-state index is -0.735. The first-order chi connectivity index (χ1) is 7.91. The van der Waals surface area contributed by atoms with Gasteiger partial charge in [0.15, 0.2) is 0 Å². The normalized spacial score (nSPS) is 12.5. The number of carbonyl (C=O) groups excluding carboxylic acids is 1. The van der Waals surface area contributed by atoms with Crippen LogP contribution in [0.15, 0.2) is 17.1 Å². The van der Waals surface area contributed by atoms with E-state index in [1.807, 2.05) is 0 Å². The van der Waals surface area contributed by atoms with Crippen molar-refractivity contribution in [3.8, 4) is 0 Å². The number of aromatic nitrogens is 2. The van der Waals surface area contributed by atoms with E-state index >= 15 is 0 Å². The van der Waals surface area contributed by atoms with Crippen molar-refractivity contribution in [3.63, 3.8) is 0 Å². The van der Waals surface area contributed by atoms with Crippen molar-refractivity contribution in [3.05, 3.63) is 22.6 Å². The lowest BCUT2D eigenvalue weighted by Crippen LogP contribution is -2.33. The summed E-state index contributed by atoms with van der Waals surface area (Å²) >= 11 is 0. The van der Waals surface area contributed by atoms with Crippen molar-refractivity contribution >= 4 is 11.6 Å². The lowest BCUT2D eigenvalue weighted by atomic mass is 10.2. The second-order valence-corrected chi connectivity index (χ2v) is 4.38. The molecule has 6 heteroatoms. The molecule has 3 N–H and O–H groups in total. The first-order valence-corrected chi connectivity index (χ1v) is 5.54. The molecule has 1 rings (SSSR count). The summed E-state index contributed by atoms with van der Waals surface area (Å²) in [6.45, 7) is 6.43. The van der Waals surface area contributed by atoms with Crippen LogP contribution in [0.1, 0.15) is 26.8 Å². The van der Waals surface area contributed by atoms with Crippen molar-refractivity contribution < 1.29 is 4.79 Å². The second-order valence-electron chi connectivity index (χ2n) is 4.38. The second kappa shape index (κ2) is 5.47. The highest BCUT2D eigenvalue weighted by Gasteiger charge is 2.13. The Kier molecular flexibility index (Phi) is 4.25. The number of nitrogens with one attached hydrogen (secondary N) is 1. The highest BCUT2D eigenvalue weighted by Crippen LogP contribution is 2.04. The molecule has 1 aromatic heterocycles. The zero-order valence-electron chi connectivity index (χ0n) is 10.3. The van der Waals surface area contributed by atoms with Crippen LogP contribution in [0.3, 0.4) is 0 Å². The zero-order chi connectivity index (χ0) is 13.0. The maximum Gasteiger partial charge on any atom is 0.269 e. The molecule has 1 amide bonds. The monoisotopic (exact) mass is 238 g/mol. The number of carbonyl (C=O) groups is 1. The number of anilines is 1. The van der Waals surface area contributed by atoms with Gasteiger partial charge in [0, 0.05) is 12.6 Å². The molecular weight excluding hydrogens is 220 g/mol. The van der Waals surface area contributed by atoms with Crippen LogP contribution >= 0.6 is 0 Å². The number of hydrogen-bond donors (Lipinski definition) is 2. The molecule has 0 saturated carbocycles. The van der Waals surface area contributed by atoms with Crippen molar-refractivity contribution in [2.45, 2.75) is 26.8 Å².